The number of nitrogens with zero attached hydrogens (tertiary/aromatic N) is 2. The van der Waals surface area contributed by atoms with Crippen molar-refractivity contribution in [2.75, 3.05) is 11.9 Å². The Morgan fingerprint density at radius 2 is 2.31 bits per heavy atom. The number of hydrogen-bond donors (Lipinski definition) is 1. The van der Waals surface area contributed by atoms with Gasteiger partial charge in [0.25, 0.3) is 0 Å². The Balaban J connectivity index is 2.86. The van der Waals surface area contributed by atoms with Gasteiger partial charge >= 0.3 is 0 Å². The summed E-state index contributed by atoms with van der Waals surface area (Å²) in [6, 6.07) is 5.39. The Labute approximate surface area is 100 Å². The van der Waals surface area contributed by atoms with Gasteiger partial charge in [-0.1, -0.05) is 25.2 Å². The molecule has 1 heterocycles. The van der Waals surface area contributed by atoms with E-state index in [1.54, 1.807) is 25.4 Å². The van der Waals surface area contributed by atoms with Crippen LogP contribution in [0.1, 0.15) is 13.3 Å². The molecule has 0 aromatic carbocycles. The normalized spacial score (nSPS) is 11.9. The van der Waals surface area contributed by atoms with E-state index in [2.05, 4.69) is 4.98 Å². The summed E-state index contributed by atoms with van der Waals surface area (Å²) in [5.74, 6) is 0.0675. The first kappa shape index (κ1) is 12.6. The largest absolute Gasteiger partial charge is 0.393 e. The topological polar surface area (TPSA) is 59.2 Å². The zero-order valence-electron chi connectivity index (χ0n) is 9.38. The molecule has 0 aliphatic carbocycles. The smallest absolute Gasteiger partial charge is 0.237 e. The van der Waals surface area contributed by atoms with Gasteiger partial charge in [0.2, 0.25) is 5.91 Å². The van der Waals surface area contributed by atoms with Crippen molar-refractivity contribution in [2.45, 2.75) is 13.3 Å². The Morgan fingerprint density at radius 3 is 2.75 bits per heavy atom. The number of rotatable bonds is 4. The van der Waals surface area contributed by atoms with Crippen molar-refractivity contribution in [1.29, 1.82) is 0 Å². The highest BCUT2D eigenvalue weighted by atomic mass is 32.1. The molecule has 1 atom stereocenters. The number of pyridine rings is 1. The predicted molar refractivity (Wildman–Crippen MR) is 68.2 cm³/mol. The van der Waals surface area contributed by atoms with Gasteiger partial charge in [-0.05, 0) is 18.6 Å². The van der Waals surface area contributed by atoms with Crippen molar-refractivity contribution in [1.82, 2.24) is 4.98 Å². The summed E-state index contributed by atoms with van der Waals surface area (Å²) in [6.07, 6.45) is 2.24. The number of anilines is 1. The van der Waals surface area contributed by atoms with E-state index in [1.165, 1.54) is 4.90 Å². The van der Waals surface area contributed by atoms with Crippen LogP contribution < -0.4 is 10.6 Å². The number of aromatic nitrogens is 1. The maximum atomic E-state index is 12.0. The Bertz CT molecular complexity index is 380. The van der Waals surface area contributed by atoms with Crippen LogP contribution in [0.15, 0.2) is 24.4 Å². The zero-order chi connectivity index (χ0) is 12.1. The second kappa shape index (κ2) is 5.55. The average Bonchev–Trinajstić information content (AvgIpc) is 2.29. The first-order chi connectivity index (χ1) is 7.57. The molecule has 1 unspecified atom stereocenters. The fourth-order valence-electron chi connectivity index (χ4n) is 1.40. The predicted octanol–water partition coefficient (Wildman–Crippen LogP) is 1.36. The Hall–Kier alpha value is -1.49. The van der Waals surface area contributed by atoms with Crippen molar-refractivity contribution in [3.63, 3.8) is 0 Å². The molecular weight excluding hydrogens is 222 g/mol. The van der Waals surface area contributed by atoms with Crippen LogP contribution >= 0.6 is 12.2 Å². The van der Waals surface area contributed by atoms with E-state index in [0.29, 0.717) is 12.2 Å². The summed E-state index contributed by atoms with van der Waals surface area (Å²) in [7, 11) is 1.67. The standard InChI is InChI=1S/C11H15N3OS/c1-3-8(10(12)16)11(15)14(2)9-6-4-5-7-13-9/h4-8H,3H2,1-2H3,(H2,12,16). The quantitative estimate of drug-likeness (QED) is 0.803. The molecule has 0 fully saturated rings. The third kappa shape index (κ3) is 2.76. The van der Waals surface area contributed by atoms with Gasteiger partial charge in [-0.15, -0.1) is 0 Å². The monoisotopic (exact) mass is 237 g/mol. The van der Waals surface area contributed by atoms with Gasteiger partial charge in [-0.25, -0.2) is 4.98 Å². The second-order valence-electron chi connectivity index (χ2n) is 3.45. The molecule has 2 N–H and O–H groups in total. The van der Waals surface area contributed by atoms with Gasteiger partial charge in [0, 0.05) is 13.2 Å². The van der Waals surface area contributed by atoms with Crippen LogP contribution in [-0.2, 0) is 4.79 Å². The number of hydrogen-bond acceptors (Lipinski definition) is 3. The van der Waals surface area contributed by atoms with Crippen LogP contribution in [-0.4, -0.2) is 22.9 Å². The van der Waals surface area contributed by atoms with E-state index >= 15 is 0 Å². The summed E-state index contributed by atoms with van der Waals surface area (Å²) in [4.78, 5) is 17.8. The first-order valence-corrected chi connectivity index (χ1v) is 5.46. The zero-order valence-corrected chi connectivity index (χ0v) is 10.2. The minimum atomic E-state index is -0.415. The minimum absolute atomic E-state index is 0.117. The summed E-state index contributed by atoms with van der Waals surface area (Å²) in [5.41, 5.74) is 5.53. The van der Waals surface area contributed by atoms with Gasteiger partial charge in [0.15, 0.2) is 0 Å². The summed E-state index contributed by atoms with van der Waals surface area (Å²) in [6.45, 7) is 1.88. The minimum Gasteiger partial charge on any atom is -0.393 e. The van der Waals surface area contributed by atoms with Crippen molar-refractivity contribution >= 4 is 28.9 Å². The van der Waals surface area contributed by atoms with E-state index in [4.69, 9.17) is 18.0 Å². The third-order valence-electron chi connectivity index (χ3n) is 2.37. The highest BCUT2D eigenvalue weighted by molar-refractivity contribution is 7.80. The molecule has 86 valence electrons. The SMILES string of the molecule is CCC(C(=O)N(C)c1ccccn1)C(N)=S. The van der Waals surface area contributed by atoms with E-state index in [-0.39, 0.29) is 10.9 Å². The Morgan fingerprint density at radius 1 is 1.62 bits per heavy atom. The average molecular weight is 237 g/mol. The molecule has 0 aliphatic rings. The molecule has 4 nitrogen and oxygen atoms in total. The number of nitrogens with two attached hydrogens (primary N) is 1. The lowest BCUT2D eigenvalue weighted by Gasteiger charge is -2.21. The van der Waals surface area contributed by atoms with Crippen LogP contribution in [0.3, 0.4) is 0 Å². The molecule has 0 spiro atoms. The molecule has 1 aromatic heterocycles. The molecule has 1 amide bonds. The number of thiocarbonyl (C=S) groups is 1. The van der Waals surface area contributed by atoms with Crippen LogP contribution in [0, 0.1) is 5.92 Å². The summed E-state index contributed by atoms with van der Waals surface area (Å²) >= 11 is 4.87. The molecular formula is C11H15N3OS. The van der Waals surface area contributed by atoms with Crippen molar-refractivity contribution in [3.05, 3.63) is 24.4 Å². The van der Waals surface area contributed by atoms with Gasteiger partial charge in [0.1, 0.15) is 5.82 Å². The molecule has 0 bridgehead atoms. The van der Waals surface area contributed by atoms with Crippen molar-refractivity contribution in [3.8, 4) is 0 Å². The van der Waals surface area contributed by atoms with Gasteiger partial charge in [-0.2, -0.15) is 0 Å². The molecule has 5 heteroatoms. The van der Waals surface area contributed by atoms with E-state index in [1.807, 2.05) is 13.0 Å². The maximum absolute atomic E-state index is 12.0. The molecule has 0 aliphatic heterocycles. The van der Waals surface area contributed by atoms with Gasteiger partial charge in [0.05, 0.1) is 10.9 Å². The summed E-state index contributed by atoms with van der Waals surface area (Å²) < 4.78 is 0. The molecule has 0 radical (unpaired) electrons. The van der Waals surface area contributed by atoms with Crippen LogP contribution in [0.4, 0.5) is 5.82 Å². The molecule has 1 aromatic rings. The maximum Gasteiger partial charge on any atom is 0.237 e. The van der Waals surface area contributed by atoms with E-state index in [0.717, 1.165) is 0 Å². The highest BCUT2D eigenvalue weighted by Gasteiger charge is 2.24. The van der Waals surface area contributed by atoms with Crippen molar-refractivity contribution < 1.29 is 4.79 Å². The molecule has 1 rings (SSSR count). The van der Waals surface area contributed by atoms with Crippen molar-refractivity contribution in [2.24, 2.45) is 11.7 Å². The third-order valence-corrected chi connectivity index (χ3v) is 2.66. The van der Waals surface area contributed by atoms with Gasteiger partial charge < -0.3 is 5.73 Å². The number of carbonyl (C=O) groups is 1. The lowest BCUT2D eigenvalue weighted by Crippen LogP contribution is -2.39. The Kier molecular flexibility index (Phi) is 4.37. The first-order valence-electron chi connectivity index (χ1n) is 5.05. The fraction of sp³-hybridized carbons (Fsp3) is 0.364. The summed E-state index contributed by atoms with van der Waals surface area (Å²) in [5, 5.41) is 0. The number of carbonyl (C=O) groups excluding carboxylic acids is 1. The lowest BCUT2D eigenvalue weighted by molar-refractivity contribution is -0.120. The van der Waals surface area contributed by atoms with Crippen LogP contribution in [0.5, 0.6) is 0 Å². The number of amides is 1. The lowest BCUT2D eigenvalue weighted by atomic mass is 10.1. The van der Waals surface area contributed by atoms with Crippen LogP contribution in [0.2, 0.25) is 0 Å². The molecule has 0 saturated carbocycles. The molecule has 16 heavy (non-hydrogen) atoms. The fourth-order valence-corrected chi connectivity index (χ4v) is 1.66. The second-order valence-corrected chi connectivity index (χ2v) is 3.92. The van der Waals surface area contributed by atoms with Crippen LogP contribution in [0.25, 0.3) is 0 Å². The molecule has 0 saturated heterocycles. The van der Waals surface area contributed by atoms with Gasteiger partial charge in [-0.3, -0.25) is 9.69 Å². The highest BCUT2D eigenvalue weighted by Crippen LogP contribution is 2.13. The van der Waals surface area contributed by atoms with E-state index in [9.17, 15) is 4.79 Å². The van der Waals surface area contributed by atoms with E-state index < -0.39 is 5.92 Å².